The van der Waals surface area contributed by atoms with Gasteiger partial charge in [-0.3, -0.25) is 0 Å². The summed E-state index contributed by atoms with van der Waals surface area (Å²) in [6, 6.07) is 30.9. The normalized spacial score (nSPS) is 17.4. The Morgan fingerprint density at radius 3 is 1.53 bits per heavy atom. The van der Waals surface area contributed by atoms with Crippen LogP contribution in [0.25, 0.3) is 34.4 Å². The van der Waals surface area contributed by atoms with Crippen LogP contribution in [-0.2, 0) is 28.2 Å². The monoisotopic (exact) mass is 814 g/mol. The van der Waals surface area contributed by atoms with Crippen LogP contribution in [0.5, 0.6) is 0 Å². The van der Waals surface area contributed by atoms with Gasteiger partial charge in [0.25, 0.3) is 0 Å². The molecule has 6 rings (SSSR count). The summed E-state index contributed by atoms with van der Waals surface area (Å²) in [6.45, 7) is 28.4. The third-order valence-corrected chi connectivity index (χ3v) is 29.4. The van der Waals surface area contributed by atoms with Gasteiger partial charge in [0.2, 0.25) is 0 Å². The van der Waals surface area contributed by atoms with Crippen molar-refractivity contribution in [3.05, 3.63) is 129 Å². The van der Waals surface area contributed by atoms with Crippen molar-refractivity contribution in [3.8, 4) is 22.3 Å². The number of allylic oxidation sites excluding steroid dienone is 2. The van der Waals surface area contributed by atoms with Gasteiger partial charge in [-0.1, -0.05) is 0 Å². The molecule has 0 aliphatic heterocycles. The van der Waals surface area contributed by atoms with E-state index in [2.05, 4.69) is 183 Å². The van der Waals surface area contributed by atoms with Gasteiger partial charge in [-0.2, -0.15) is 0 Å². The van der Waals surface area contributed by atoms with Crippen molar-refractivity contribution >= 4 is 43.8 Å². The quantitative estimate of drug-likeness (QED) is 0.170. The van der Waals surface area contributed by atoms with Crippen molar-refractivity contribution in [2.24, 2.45) is 5.92 Å². The molecule has 4 aromatic carbocycles. The van der Waals surface area contributed by atoms with E-state index in [0.717, 1.165) is 0 Å². The second kappa shape index (κ2) is 14.4. The Balaban J connectivity index is 0.00000292. The average Bonchev–Trinajstić information content (AvgIpc) is 3.59. The molecule has 0 spiro atoms. The molecule has 0 amide bonds. The minimum absolute atomic E-state index is 0. The molecular formula is C47H62Cl2SiZr. The number of benzene rings is 4. The van der Waals surface area contributed by atoms with E-state index < -0.39 is 17.4 Å². The molecule has 0 nitrogen and oxygen atoms in total. The van der Waals surface area contributed by atoms with E-state index in [9.17, 15) is 0 Å². The molecule has 2 atom stereocenters. The zero-order valence-corrected chi connectivity index (χ0v) is 39.0. The van der Waals surface area contributed by atoms with Gasteiger partial charge in [-0.15, -0.1) is 24.8 Å². The zero-order chi connectivity index (χ0) is 35.9. The van der Waals surface area contributed by atoms with Crippen LogP contribution in [0.3, 0.4) is 0 Å². The Kier molecular flexibility index (Phi) is 11.8. The first kappa shape index (κ1) is 41.8. The number of halogens is 2. The van der Waals surface area contributed by atoms with E-state index in [0.29, 0.717) is 19.1 Å². The van der Waals surface area contributed by atoms with Gasteiger partial charge >= 0.3 is 303 Å². The second-order valence-corrected chi connectivity index (χ2v) is 49.6. The predicted molar refractivity (Wildman–Crippen MR) is 232 cm³/mol. The minimum atomic E-state index is -3.78. The fraction of sp³-hybridized carbons (Fsp3) is 0.404. The van der Waals surface area contributed by atoms with E-state index in [4.69, 9.17) is 0 Å². The van der Waals surface area contributed by atoms with Crippen molar-refractivity contribution in [1.82, 2.24) is 0 Å². The summed E-state index contributed by atoms with van der Waals surface area (Å²) in [6.07, 6.45) is 5.21. The van der Waals surface area contributed by atoms with Gasteiger partial charge in [-0.05, 0) is 0 Å². The summed E-state index contributed by atoms with van der Waals surface area (Å²) in [4.78, 5) is 0. The van der Waals surface area contributed by atoms with Gasteiger partial charge in [-0.25, -0.2) is 0 Å². The van der Waals surface area contributed by atoms with Crippen molar-refractivity contribution < 1.29 is 17.4 Å². The summed E-state index contributed by atoms with van der Waals surface area (Å²) in [5, 5.41) is 0. The molecule has 0 N–H and O–H groups in total. The Hall–Kier alpha value is -1.96. The largest absolute Gasteiger partial charge is 0.147 e. The topological polar surface area (TPSA) is 0 Å². The molecule has 272 valence electrons. The molecule has 2 aliphatic rings. The van der Waals surface area contributed by atoms with Crippen LogP contribution in [0.2, 0.25) is 9.26 Å². The van der Waals surface area contributed by atoms with E-state index in [1.54, 1.807) is 27.8 Å². The average molecular weight is 817 g/mol. The van der Waals surface area contributed by atoms with Gasteiger partial charge in [0.1, 0.15) is 0 Å². The molecular weight excluding hydrogens is 755 g/mol. The van der Waals surface area contributed by atoms with Crippen molar-refractivity contribution in [2.45, 2.75) is 109 Å². The zero-order valence-electron chi connectivity index (χ0n) is 33.5. The molecule has 4 heteroatoms. The molecule has 0 fully saturated rings. The minimum Gasteiger partial charge on any atom is -0.147 e. The van der Waals surface area contributed by atoms with Crippen molar-refractivity contribution in [1.29, 1.82) is 0 Å². The van der Waals surface area contributed by atoms with Crippen molar-refractivity contribution in [2.75, 3.05) is 0 Å². The van der Waals surface area contributed by atoms with Crippen LogP contribution in [-0.4, -0.2) is 6.88 Å². The summed E-state index contributed by atoms with van der Waals surface area (Å²) in [5.74, 6) is 0.967. The van der Waals surface area contributed by atoms with Crippen LogP contribution in [0.4, 0.5) is 0 Å². The summed E-state index contributed by atoms with van der Waals surface area (Å²) in [7, 11) is 0. The molecule has 2 aliphatic carbocycles. The molecule has 0 saturated carbocycles. The van der Waals surface area contributed by atoms with Gasteiger partial charge in [0, 0.05) is 0 Å². The number of hydrogen-bond donors (Lipinski definition) is 0. The third kappa shape index (κ3) is 7.43. The molecule has 0 aromatic heterocycles. The van der Waals surface area contributed by atoms with Crippen LogP contribution in [0.15, 0.2) is 90.0 Å². The fourth-order valence-electron chi connectivity index (χ4n) is 9.35. The second-order valence-electron chi connectivity index (χ2n) is 19.1. The SMILES string of the molecule is CC1=Cc2c(-c3ccc(C(C)(C)C)cc3)ccc(C(C)C)c2[CH]1[Zr]([CH3])([CH3])(=[SiH2])[CH]1C(C(C)C)=Cc2c(-c3ccc(C(C)(C)C)cc3)cccc21.Cl.Cl. The Bertz CT molecular complexity index is 2060. The smallest absolute Gasteiger partial charge is 0.147 e. The van der Waals surface area contributed by atoms with Crippen LogP contribution >= 0.6 is 24.8 Å². The maximum Gasteiger partial charge on any atom is -0.147 e. The predicted octanol–water partition coefficient (Wildman–Crippen LogP) is 14.2. The van der Waals surface area contributed by atoms with Gasteiger partial charge in [0.05, 0.1) is 0 Å². The van der Waals surface area contributed by atoms with Crippen LogP contribution in [0.1, 0.15) is 128 Å². The first-order valence-corrected chi connectivity index (χ1v) is 32.4. The first-order chi connectivity index (χ1) is 22.7. The molecule has 2 unspecified atom stereocenters. The molecule has 0 bridgehead atoms. The van der Waals surface area contributed by atoms with Gasteiger partial charge < -0.3 is 0 Å². The van der Waals surface area contributed by atoms with E-state index in [1.807, 2.05) is 0 Å². The van der Waals surface area contributed by atoms with Crippen molar-refractivity contribution in [3.63, 3.8) is 0 Å². The van der Waals surface area contributed by atoms with Crippen LogP contribution in [0, 0.1) is 5.92 Å². The van der Waals surface area contributed by atoms with E-state index in [1.165, 1.54) is 44.5 Å². The summed E-state index contributed by atoms with van der Waals surface area (Å²) in [5.41, 5.74) is 19.4. The number of rotatable bonds is 6. The number of hydrogen-bond acceptors (Lipinski definition) is 0. The first-order valence-electron chi connectivity index (χ1n) is 18.7. The third-order valence-electron chi connectivity index (χ3n) is 11.8. The molecule has 0 radical (unpaired) electrons. The maximum absolute atomic E-state index is 3.78. The molecule has 0 saturated heterocycles. The summed E-state index contributed by atoms with van der Waals surface area (Å²) < 4.78 is 6.59. The standard InChI is InChI=1S/C23H27.C22H25.2CH3.2ClH.H2Si.Zr/c1-15(2)19-11-12-20(22-14-16(3)13-21(19)22)17-7-9-18(10-8-17)23(4,5)6;1-15(2)18-13-17-7-6-8-20(21(17)14-18)16-9-11-19(12-10-16)22(3,4)5;;;;;;/h7-15H,1-6H3;6-15H,1-5H3;2*1H3;2*1H;1H2;. The molecule has 51 heavy (non-hydrogen) atoms. The Morgan fingerprint density at radius 2 is 1.08 bits per heavy atom. The fourth-order valence-corrected chi connectivity index (χ4v) is 29.8. The number of fused-ring (bicyclic) bond motifs is 2. The van der Waals surface area contributed by atoms with Gasteiger partial charge in [0.15, 0.2) is 0 Å². The maximum atomic E-state index is 2.80. The molecule has 4 aromatic rings. The van der Waals surface area contributed by atoms with E-state index >= 15 is 0 Å². The van der Waals surface area contributed by atoms with Crippen LogP contribution < -0.4 is 0 Å². The summed E-state index contributed by atoms with van der Waals surface area (Å²) >= 11 is -3.78. The molecule has 0 heterocycles. The Morgan fingerprint density at radius 1 is 0.588 bits per heavy atom. The van der Waals surface area contributed by atoms with E-state index in [-0.39, 0.29) is 35.6 Å². The Labute approximate surface area is 325 Å².